The maximum Gasteiger partial charge on any atom is 0.323 e. The number of anilines is 1. The fraction of sp³-hybridized carbons (Fsp3) is 0.750. The predicted octanol–water partition coefficient (Wildman–Crippen LogP) is 2.50. The van der Waals surface area contributed by atoms with Crippen molar-refractivity contribution in [3.63, 3.8) is 0 Å². The summed E-state index contributed by atoms with van der Waals surface area (Å²) in [4.78, 5) is 28.2. The molecule has 3 heterocycles. The summed E-state index contributed by atoms with van der Waals surface area (Å²) in [5.41, 5.74) is 0. The Morgan fingerprint density at radius 1 is 1.25 bits per heavy atom. The monoisotopic (exact) mass is 351 g/mol. The average Bonchev–Trinajstić information content (AvgIpc) is 3.10. The number of rotatable bonds is 4. The van der Waals surface area contributed by atoms with E-state index in [9.17, 15) is 9.59 Å². The second kappa shape index (κ2) is 7.92. The van der Waals surface area contributed by atoms with Crippen LogP contribution in [0.4, 0.5) is 9.93 Å². The predicted molar refractivity (Wildman–Crippen MR) is 93.1 cm³/mol. The highest BCUT2D eigenvalue weighted by Crippen LogP contribution is 2.23. The first-order valence-electron chi connectivity index (χ1n) is 8.85. The molecule has 1 N–H and O–H groups in total. The summed E-state index contributed by atoms with van der Waals surface area (Å²) in [6.07, 6.45) is 6.33. The third kappa shape index (κ3) is 4.03. The van der Waals surface area contributed by atoms with E-state index in [2.05, 4.69) is 22.4 Å². The molecule has 0 aromatic carbocycles. The van der Waals surface area contributed by atoms with Crippen LogP contribution in [0.25, 0.3) is 0 Å². The molecule has 0 saturated carbocycles. The van der Waals surface area contributed by atoms with Crippen LogP contribution in [0.2, 0.25) is 0 Å². The van der Waals surface area contributed by atoms with E-state index >= 15 is 0 Å². The normalized spacial score (nSPS) is 21.9. The van der Waals surface area contributed by atoms with Crippen molar-refractivity contribution in [2.24, 2.45) is 0 Å². The zero-order valence-electron chi connectivity index (χ0n) is 14.2. The number of hydrogen-bond acceptors (Lipinski definition) is 5. The Morgan fingerprint density at radius 3 is 2.88 bits per heavy atom. The smallest absolute Gasteiger partial charge is 0.323 e. The van der Waals surface area contributed by atoms with E-state index in [1.165, 1.54) is 11.3 Å². The molecule has 1 aromatic heterocycles. The minimum absolute atomic E-state index is 0.109. The Kier molecular flexibility index (Phi) is 5.65. The van der Waals surface area contributed by atoms with Crippen LogP contribution in [0.15, 0.2) is 0 Å². The number of urea groups is 1. The van der Waals surface area contributed by atoms with Crippen molar-refractivity contribution in [2.45, 2.75) is 57.9 Å². The van der Waals surface area contributed by atoms with E-state index in [4.69, 9.17) is 0 Å². The first-order chi connectivity index (χ1) is 11.7. The molecule has 132 valence electrons. The van der Waals surface area contributed by atoms with E-state index in [1.807, 2.05) is 9.80 Å². The lowest BCUT2D eigenvalue weighted by molar-refractivity contribution is -0.129. The largest absolute Gasteiger partial charge is 0.340 e. The van der Waals surface area contributed by atoms with Crippen molar-refractivity contribution >= 4 is 28.4 Å². The van der Waals surface area contributed by atoms with E-state index in [-0.39, 0.29) is 18.0 Å². The summed E-state index contributed by atoms with van der Waals surface area (Å²) in [6, 6.07) is 0.179. The van der Waals surface area contributed by atoms with Gasteiger partial charge in [0.25, 0.3) is 0 Å². The number of hydrogen-bond donors (Lipinski definition) is 1. The van der Waals surface area contributed by atoms with Crippen LogP contribution in [0.1, 0.15) is 50.5 Å². The highest BCUT2D eigenvalue weighted by atomic mass is 32.1. The molecule has 0 radical (unpaired) electrons. The summed E-state index contributed by atoms with van der Waals surface area (Å²) in [5, 5.41) is 12.5. The topological polar surface area (TPSA) is 78.4 Å². The van der Waals surface area contributed by atoms with Crippen molar-refractivity contribution in [3.8, 4) is 0 Å². The van der Waals surface area contributed by atoms with Gasteiger partial charge in [0.2, 0.25) is 11.0 Å². The van der Waals surface area contributed by atoms with Gasteiger partial charge >= 0.3 is 6.03 Å². The number of carbonyl (C=O) groups is 2. The Hall–Kier alpha value is -1.70. The molecule has 0 bridgehead atoms. The molecule has 8 heteroatoms. The van der Waals surface area contributed by atoms with Crippen LogP contribution in [0, 0.1) is 0 Å². The number of carbonyl (C=O) groups excluding carboxylic acids is 2. The van der Waals surface area contributed by atoms with Crippen molar-refractivity contribution in [1.29, 1.82) is 0 Å². The lowest BCUT2D eigenvalue weighted by Gasteiger charge is -2.26. The second-order valence-electron chi connectivity index (χ2n) is 6.44. The molecule has 2 aliphatic heterocycles. The van der Waals surface area contributed by atoms with Crippen molar-refractivity contribution < 1.29 is 9.59 Å². The molecule has 24 heavy (non-hydrogen) atoms. The molecule has 2 saturated heterocycles. The van der Waals surface area contributed by atoms with E-state index < -0.39 is 0 Å². The van der Waals surface area contributed by atoms with Gasteiger partial charge in [-0.2, -0.15) is 0 Å². The SMILES string of the molecule is CCCc1nnc(NC(=O)N2CCC[C@H](N3CCCC3=O)CC2)s1. The second-order valence-corrected chi connectivity index (χ2v) is 7.51. The Bertz CT molecular complexity index is 591. The highest BCUT2D eigenvalue weighted by Gasteiger charge is 2.30. The lowest BCUT2D eigenvalue weighted by Crippen LogP contribution is -2.38. The van der Waals surface area contributed by atoms with Gasteiger partial charge in [-0.1, -0.05) is 18.3 Å². The van der Waals surface area contributed by atoms with Gasteiger partial charge in [-0.15, -0.1) is 10.2 Å². The minimum atomic E-state index is -0.109. The maximum absolute atomic E-state index is 12.5. The summed E-state index contributed by atoms with van der Waals surface area (Å²) >= 11 is 1.44. The standard InChI is InChI=1S/C16H25N5O2S/c1-2-5-13-18-19-15(24-13)17-16(23)20-9-3-6-12(8-11-20)21-10-4-7-14(21)22/h12H,2-11H2,1H3,(H,17,19,23)/t12-/m0/s1. The zero-order chi connectivity index (χ0) is 16.9. The molecule has 0 spiro atoms. The number of nitrogens with one attached hydrogen (secondary N) is 1. The maximum atomic E-state index is 12.5. The number of nitrogens with zero attached hydrogens (tertiary/aromatic N) is 4. The van der Waals surface area contributed by atoms with Gasteiger partial charge in [0.1, 0.15) is 5.01 Å². The Morgan fingerprint density at radius 2 is 2.12 bits per heavy atom. The van der Waals surface area contributed by atoms with Crippen LogP contribution in [0.3, 0.4) is 0 Å². The van der Waals surface area contributed by atoms with Gasteiger partial charge in [0, 0.05) is 38.5 Å². The Labute approximate surface area is 146 Å². The zero-order valence-corrected chi connectivity index (χ0v) is 15.0. The van der Waals surface area contributed by atoms with Crippen molar-refractivity contribution in [1.82, 2.24) is 20.0 Å². The fourth-order valence-corrected chi connectivity index (χ4v) is 4.27. The number of likely N-dealkylation sites (tertiary alicyclic amines) is 2. The first kappa shape index (κ1) is 17.1. The van der Waals surface area contributed by atoms with E-state index in [0.29, 0.717) is 18.1 Å². The molecule has 2 fully saturated rings. The van der Waals surface area contributed by atoms with Crippen LogP contribution in [-0.4, -0.2) is 57.6 Å². The molecule has 0 unspecified atom stereocenters. The number of aromatic nitrogens is 2. The van der Waals surface area contributed by atoms with Crippen LogP contribution >= 0.6 is 11.3 Å². The third-order valence-corrected chi connectivity index (χ3v) is 5.58. The fourth-order valence-electron chi connectivity index (χ4n) is 3.44. The van der Waals surface area contributed by atoms with E-state index in [0.717, 1.165) is 56.6 Å². The van der Waals surface area contributed by atoms with Gasteiger partial charge in [0.05, 0.1) is 0 Å². The molecular formula is C16H25N5O2S. The van der Waals surface area contributed by atoms with Gasteiger partial charge in [-0.25, -0.2) is 4.79 Å². The van der Waals surface area contributed by atoms with Crippen LogP contribution < -0.4 is 5.32 Å². The van der Waals surface area contributed by atoms with Crippen LogP contribution in [-0.2, 0) is 11.2 Å². The quantitative estimate of drug-likeness (QED) is 0.904. The summed E-state index contributed by atoms with van der Waals surface area (Å²) in [6.45, 7) is 4.38. The Balaban J connectivity index is 1.53. The molecule has 3 rings (SSSR count). The van der Waals surface area contributed by atoms with Gasteiger partial charge in [-0.3, -0.25) is 10.1 Å². The molecule has 0 aliphatic carbocycles. The number of amides is 3. The molecule has 2 aliphatic rings. The lowest BCUT2D eigenvalue weighted by atomic mass is 10.1. The molecule has 7 nitrogen and oxygen atoms in total. The van der Waals surface area contributed by atoms with Crippen molar-refractivity contribution in [2.75, 3.05) is 25.0 Å². The summed E-state index contributed by atoms with van der Waals surface area (Å²) in [5.74, 6) is 0.273. The molecule has 1 aromatic rings. The minimum Gasteiger partial charge on any atom is -0.340 e. The highest BCUT2D eigenvalue weighted by molar-refractivity contribution is 7.15. The molecular weight excluding hydrogens is 326 g/mol. The van der Waals surface area contributed by atoms with Crippen molar-refractivity contribution in [3.05, 3.63) is 5.01 Å². The summed E-state index contributed by atoms with van der Waals surface area (Å²) < 4.78 is 0. The summed E-state index contributed by atoms with van der Waals surface area (Å²) in [7, 11) is 0. The van der Waals surface area contributed by atoms with Gasteiger partial charge < -0.3 is 9.80 Å². The van der Waals surface area contributed by atoms with Gasteiger partial charge in [0.15, 0.2) is 0 Å². The third-order valence-electron chi connectivity index (χ3n) is 4.68. The number of aryl methyl sites for hydroxylation is 1. The first-order valence-corrected chi connectivity index (χ1v) is 9.67. The average molecular weight is 351 g/mol. The van der Waals surface area contributed by atoms with Crippen LogP contribution in [0.5, 0.6) is 0 Å². The van der Waals surface area contributed by atoms with E-state index in [1.54, 1.807) is 0 Å². The van der Waals surface area contributed by atoms with Gasteiger partial charge in [-0.05, 0) is 32.1 Å². The molecule has 3 amide bonds. The molecule has 1 atom stereocenters.